The summed E-state index contributed by atoms with van der Waals surface area (Å²) in [6, 6.07) is 6.32. The van der Waals surface area contributed by atoms with Crippen LogP contribution in [0.15, 0.2) is 18.2 Å². The van der Waals surface area contributed by atoms with Crippen LogP contribution in [0.25, 0.3) is 0 Å². The third-order valence-corrected chi connectivity index (χ3v) is 5.83. The van der Waals surface area contributed by atoms with E-state index in [1.54, 1.807) is 7.11 Å². The van der Waals surface area contributed by atoms with Gasteiger partial charge in [-0.05, 0) is 48.1 Å². The number of fused-ring (bicyclic) bond motifs is 2. The van der Waals surface area contributed by atoms with Crippen molar-refractivity contribution < 1.29 is 4.74 Å². The van der Waals surface area contributed by atoms with E-state index in [-0.39, 0.29) is 0 Å². The number of hydrogen-bond donors (Lipinski definition) is 2. The van der Waals surface area contributed by atoms with Crippen molar-refractivity contribution in [2.75, 3.05) is 18.2 Å². The van der Waals surface area contributed by atoms with Crippen molar-refractivity contribution in [3.8, 4) is 5.75 Å². The van der Waals surface area contributed by atoms with E-state index in [9.17, 15) is 0 Å². The van der Waals surface area contributed by atoms with Gasteiger partial charge in [0, 0.05) is 12.1 Å². The maximum Gasteiger partial charge on any atom is 0.121 e. The lowest BCUT2D eigenvalue weighted by Crippen LogP contribution is -2.45. The average molecular weight is 274 g/mol. The second-order valence-corrected chi connectivity index (χ2v) is 7.45. The Balaban J connectivity index is 1.91. The lowest BCUT2D eigenvalue weighted by Gasteiger charge is -2.43. The van der Waals surface area contributed by atoms with Crippen molar-refractivity contribution in [2.24, 2.45) is 16.7 Å². The molecule has 0 heterocycles. The molecule has 20 heavy (non-hydrogen) atoms. The molecule has 3 nitrogen and oxygen atoms in total. The zero-order valence-corrected chi connectivity index (χ0v) is 13.0. The summed E-state index contributed by atoms with van der Waals surface area (Å²) in [5, 5.41) is 3.74. The number of nitrogen functional groups attached to an aromatic ring is 1. The molecule has 2 saturated carbocycles. The van der Waals surface area contributed by atoms with Gasteiger partial charge in [0.15, 0.2) is 0 Å². The van der Waals surface area contributed by atoms with Gasteiger partial charge in [0.05, 0.1) is 18.5 Å². The maximum absolute atomic E-state index is 6.13. The predicted octanol–water partition coefficient (Wildman–Crippen LogP) is 3.90. The Bertz CT molecular complexity index is 521. The molecular weight excluding hydrogens is 248 g/mol. The fourth-order valence-corrected chi connectivity index (χ4v) is 4.61. The van der Waals surface area contributed by atoms with Crippen LogP contribution in [-0.2, 0) is 0 Å². The number of nitrogens with one attached hydrogen (secondary N) is 1. The fourth-order valence-electron chi connectivity index (χ4n) is 4.61. The number of hydrogen-bond acceptors (Lipinski definition) is 3. The minimum atomic E-state index is 0.322. The Morgan fingerprint density at radius 3 is 2.65 bits per heavy atom. The third kappa shape index (κ3) is 1.87. The van der Waals surface area contributed by atoms with Gasteiger partial charge in [-0.1, -0.05) is 20.8 Å². The van der Waals surface area contributed by atoms with E-state index in [0.29, 0.717) is 16.9 Å². The zero-order chi connectivity index (χ0) is 14.5. The fraction of sp³-hybridized carbons (Fsp3) is 0.647. The van der Waals surface area contributed by atoms with Crippen molar-refractivity contribution >= 4 is 11.4 Å². The lowest BCUT2D eigenvalue weighted by molar-refractivity contribution is 0.155. The number of nitrogens with two attached hydrogens (primary N) is 1. The van der Waals surface area contributed by atoms with Crippen LogP contribution in [0.4, 0.5) is 11.4 Å². The molecule has 110 valence electrons. The Labute approximate surface area is 121 Å². The van der Waals surface area contributed by atoms with E-state index in [1.807, 2.05) is 18.2 Å². The first-order chi connectivity index (χ1) is 9.37. The molecule has 3 N–H and O–H groups in total. The molecule has 1 aromatic rings. The summed E-state index contributed by atoms with van der Waals surface area (Å²) in [6.07, 6.45) is 4.03. The Hall–Kier alpha value is -1.38. The first-order valence-corrected chi connectivity index (χ1v) is 7.57. The summed E-state index contributed by atoms with van der Waals surface area (Å²) in [5.74, 6) is 1.68. The normalized spacial score (nSPS) is 34.2. The summed E-state index contributed by atoms with van der Waals surface area (Å²) in [7, 11) is 1.69. The van der Waals surface area contributed by atoms with Crippen LogP contribution in [0.3, 0.4) is 0 Å². The van der Waals surface area contributed by atoms with Gasteiger partial charge in [0.2, 0.25) is 0 Å². The Morgan fingerprint density at radius 1 is 1.30 bits per heavy atom. The summed E-state index contributed by atoms with van der Waals surface area (Å²) in [5.41, 5.74) is 8.66. The number of ether oxygens (including phenoxy) is 1. The molecule has 3 rings (SSSR count). The quantitative estimate of drug-likeness (QED) is 0.822. The molecular formula is C17H26N2O. The van der Waals surface area contributed by atoms with Gasteiger partial charge >= 0.3 is 0 Å². The average Bonchev–Trinajstić information content (AvgIpc) is 2.88. The van der Waals surface area contributed by atoms with E-state index in [4.69, 9.17) is 10.5 Å². The van der Waals surface area contributed by atoms with Crippen molar-refractivity contribution in [1.29, 1.82) is 0 Å². The van der Waals surface area contributed by atoms with E-state index >= 15 is 0 Å². The minimum absolute atomic E-state index is 0.322. The van der Waals surface area contributed by atoms with Crippen LogP contribution >= 0.6 is 0 Å². The summed E-state index contributed by atoms with van der Waals surface area (Å²) < 4.78 is 5.32. The van der Waals surface area contributed by atoms with E-state index in [1.165, 1.54) is 19.3 Å². The smallest absolute Gasteiger partial charge is 0.121 e. The van der Waals surface area contributed by atoms with Crippen molar-refractivity contribution in [1.82, 2.24) is 0 Å². The lowest BCUT2D eigenvalue weighted by atomic mass is 9.68. The standard InChI is InChI=1S/C17H26N2O/c1-16(2)11-7-8-17(3,10-11)15(16)19-14-9-12(20-4)5-6-13(14)18/h5-6,9,11,15,19H,7-8,10,18H2,1-4H3. The molecule has 0 saturated heterocycles. The molecule has 3 unspecified atom stereocenters. The summed E-state index contributed by atoms with van der Waals surface area (Å²) >= 11 is 0. The summed E-state index contributed by atoms with van der Waals surface area (Å²) in [6.45, 7) is 7.22. The van der Waals surface area contributed by atoms with Crippen LogP contribution < -0.4 is 15.8 Å². The molecule has 0 amide bonds. The molecule has 1 aromatic carbocycles. The van der Waals surface area contributed by atoms with Crippen LogP contribution in [0, 0.1) is 16.7 Å². The SMILES string of the molecule is COc1ccc(N)c(NC2C3(C)CCC(C3)C2(C)C)c1. The second kappa shape index (κ2) is 4.31. The molecule has 2 aliphatic rings. The van der Waals surface area contributed by atoms with E-state index in [0.717, 1.165) is 23.0 Å². The predicted molar refractivity (Wildman–Crippen MR) is 84.0 cm³/mol. The maximum atomic E-state index is 6.13. The van der Waals surface area contributed by atoms with Gasteiger partial charge in [-0.15, -0.1) is 0 Å². The van der Waals surface area contributed by atoms with Gasteiger partial charge in [-0.25, -0.2) is 0 Å². The minimum Gasteiger partial charge on any atom is -0.497 e. The van der Waals surface area contributed by atoms with Crippen molar-refractivity contribution in [2.45, 2.75) is 46.1 Å². The Morgan fingerprint density at radius 2 is 2.05 bits per heavy atom. The topological polar surface area (TPSA) is 47.3 Å². The van der Waals surface area contributed by atoms with Gasteiger partial charge in [0.1, 0.15) is 5.75 Å². The van der Waals surface area contributed by atoms with E-state index < -0.39 is 0 Å². The highest BCUT2D eigenvalue weighted by Gasteiger charge is 2.59. The van der Waals surface area contributed by atoms with Gasteiger partial charge in [-0.2, -0.15) is 0 Å². The van der Waals surface area contributed by atoms with Crippen molar-refractivity contribution in [3.05, 3.63) is 18.2 Å². The molecule has 3 heteroatoms. The molecule has 2 bridgehead atoms. The second-order valence-electron chi connectivity index (χ2n) is 7.45. The molecule has 0 aliphatic heterocycles. The number of benzene rings is 1. The first-order valence-electron chi connectivity index (χ1n) is 7.57. The van der Waals surface area contributed by atoms with Crippen molar-refractivity contribution in [3.63, 3.8) is 0 Å². The van der Waals surface area contributed by atoms with Crippen LogP contribution in [-0.4, -0.2) is 13.2 Å². The first kappa shape index (κ1) is 13.6. The number of rotatable bonds is 3. The zero-order valence-electron chi connectivity index (χ0n) is 13.0. The largest absolute Gasteiger partial charge is 0.497 e. The Kier molecular flexibility index (Phi) is 2.93. The van der Waals surface area contributed by atoms with Gasteiger partial charge in [0.25, 0.3) is 0 Å². The van der Waals surface area contributed by atoms with Crippen LogP contribution in [0.1, 0.15) is 40.0 Å². The summed E-state index contributed by atoms with van der Waals surface area (Å²) in [4.78, 5) is 0. The number of anilines is 2. The van der Waals surface area contributed by atoms with Gasteiger partial charge < -0.3 is 15.8 Å². The third-order valence-electron chi connectivity index (χ3n) is 5.83. The molecule has 0 aromatic heterocycles. The highest BCUT2D eigenvalue weighted by molar-refractivity contribution is 5.69. The van der Waals surface area contributed by atoms with Crippen LogP contribution in [0.2, 0.25) is 0 Å². The molecule has 2 aliphatic carbocycles. The van der Waals surface area contributed by atoms with Gasteiger partial charge in [-0.3, -0.25) is 0 Å². The molecule has 0 spiro atoms. The monoisotopic (exact) mass is 274 g/mol. The highest BCUT2D eigenvalue weighted by Crippen LogP contribution is 2.63. The molecule has 2 fully saturated rings. The molecule has 3 atom stereocenters. The number of methoxy groups -OCH3 is 1. The molecule has 0 radical (unpaired) electrons. The highest BCUT2D eigenvalue weighted by atomic mass is 16.5. The van der Waals surface area contributed by atoms with E-state index in [2.05, 4.69) is 26.1 Å². The van der Waals surface area contributed by atoms with Crippen LogP contribution in [0.5, 0.6) is 5.75 Å².